The van der Waals surface area contributed by atoms with Crippen LogP contribution < -0.4 is 10.1 Å². The van der Waals surface area contributed by atoms with Crippen LogP contribution in [0.25, 0.3) is 0 Å². The van der Waals surface area contributed by atoms with Gasteiger partial charge in [-0.2, -0.15) is 0 Å². The standard InChI is InChI=1S/C22H24N4O2/c1-16(2)28-20-11-9-19(10-12-20)25-22-23-13-18(14-24-22)21(27)26(3)15-17-7-5-4-6-8-17/h4-14,16H,15H2,1-3H3,(H,23,24,25). The Morgan fingerprint density at radius 2 is 1.68 bits per heavy atom. The van der Waals surface area contributed by atoms with E-state index in [1.54, 1.807) is 11.9 Å². The van der Waals surface area contributed by atoms with Gasteiger partial charge < -0.3 is 15.0 Å². The molecular formula is C22H24N4O2. The number of carbonyl (C=O) groups is 1. The summed E-state index contributed by atoms with van der Waals surface area (Å²) in [4.78, 5) is 22.7. The van der Waals surface area contributed by atoms with Crippen LogP contribution in [-0.4, -0.2) is 33.9 Å². The second kappa shape index (κ2) is 8.99. The number of hydrogen-bond acceptors (Lipinski definition) is 5. The van der Waals surface area contributed by atoms with Crippen LogP contribution in [0.3, 0.4) is 0 Å². The molecule has 0 saturated carbocycles. The van der Waals surface area contributed by atoms with Crippen molar-refractivity contribution < 1.29 is 9.53 Å². The van der Waals surface area contributed by atoms with Crippen LogP contribution in [0, 0.1) is 0 Å². The van der Waals surface area contributed by atoms with Gasteiger partial charge in [0.1, 0.15) is 5.75 Å². The Balaban J connectivity index is 1.60. The van der Waals surface area contributed by atoms with E-state index >= 15 is 0 Å². The zero-order valence-corrected chi connectivity index (χ0v) is 16.3. The van der Waals surface area contributed by atoms with Crippen molar-refractivity contribution in [1.29, 1.82) is 0 Å². The lowest BCUT2D eigenvalue weighted by Crippen LogP contribution is -2.26. The SMILES string of the molecule is CC(C)Oc1ccc(Nc2ncc(C(=O)N(C)Cc3ccccc3)cn2)cc1. The van der Waals surface area contributed by atoms with Gasteiger partial charge in [0.05, 0.1) is 11.7 Å². The highest BCUT2D eigenvalue weighted by Gasteiger charge is 2.13. The maximum absolute atomic E-state index is 12.6. The molecule has 0 aliphatic rings. The smallest absolute Gasteiger partial charge is 0.257 e. The molecule has 0 aliphatic carbocycles. The fraction of sp³-hybridized carbons (Fsp3) is 0.227. The number of benzene rings is 2. The minimum atomic E-state index is -0.120. The number of rotatable bonds is 7. The molecule has 0 fully saturated rings. The highest BCUT2D eigenvalue weighted by Crippen LogP contribution is 2.19. The molecular weight excluding hydrogens is 352 g/mol. The van der Waals surface area contributed by atoms with Gasteiger partial charge in [-0.05, 0) is 43.7 Å². The highest BCUT2D eigenvalue weighted by molar-refractivity contribution is 5.93. The zero-order valence-electron chi connectivity index (χ0n) is 16.3. The minimum Gasteiger partial charge on any atom is -0.491 e. The average Bonchev–Trinajstić information content (AvgIpc) is 2.70. The third kappa shape index (κ3) is 5.30. The highest BCUT2D eigenvalue weighted by atomic mass is 16.5. The van der Waals surface area contributed by atoms with E-state index in [2.05, 4.69) is 15.3 Å². The first-order valence-corrected chi connectivity index (χ1v) is 9.16. The molecule has 6 heteroatoms. The van der Waals surface area contributed by atoms with Crippen LogP contribution in [-0.2, 0) is 6.54 Å². The molecule has 0 unspecified atom stereocenters. The van der Waals surface area contributed by atoms with Crippen molar-refractivity contribution in [2.24, 2.45) is 0 Å². The molecule has 0 bridgehead atoms. The van der Waals surface area contributed by atoms with Gasteiger partial charge >= 0.3 is 0 Å². The Hall–Kier alpha value is -3.41. The van der Waals surface area contributed by atoms with Crippen molar-refractivity contribution in [2.75, 3.05) is 12.4 Å². The first-order chi connectivity index (χ1) is 13.5. The Morgan fingerprint density at radius 3 is 2.29 bits per heavy atom. The van der Waals surface area contributed by atoms with Crippen molar-refractivity contribution in [3.63, 3.8) is 0 Å². The molecule has 0 spiro atoms. The maximum Gasteiger partial charge on any atom is 0.257 e. The summed E-state index contributed by atoms with van der Waals surface area (Å²) >= 11 is 0. The normalized spacial score (nSPS) is 10.6. The summed E-state index contributed by atoms with van der Waals surface area (Å²) in [6.07, 6.45) is 3.21. The topological polar surface area (TPSA) is 67.3 Å². The first kappa shape index (κ1) is 19.4. The number of carbonyl (C=O) groups excluding carboxylic acids is 1. The lowest BCUT2D eigenvalue weighted by atomic mass is 10.2. The summed E-state index contributed by atoms with van der Waals surface area (Å²) in [7, 11) is 1.77. The quantitative estimate of drug-likeness (QED) is 0.667. The summed E-state index contributed by atoms with van der Waals surface area (Å²) in [5.41, 5.74) is 2.36. The van der Waals surface area contributed by atoms with Crippen LogP contribution in [0.5, 0.6) is 5.75 Å². The predicted molar refractivity (Wildman–Crippen MR) is 110 cm³/mol. The van der Waals surface area contributed by atoms with E-state index in [0.717, 1.165) is 17.0 Å². The number of nitrogens with one attached hydrogen (secondary N) is 1. The van der Waals surface area contributed by atoms with E-state index in [9.17, 15) is 4.79 Å². The molecule has 0 saturated heterocycles. The Morgan fingerprint density at radius 1 is 1.04 bits per heavy atom. The lowest BCUT2D eigenvalue weighted by Gasteiger charge is -2.17. The van der Waals surface area contributed by atoms with Gasteiger partial charge in [-0.15, -0.1) is 0 Å². The molecule has 1 aromatic heterocycles. The maximum atomic E-state index is 12.6. The van der Waals surface area contributed by atoms with Gasteiger partial charge in [-0.25, -0.2) is 9.97 Å². The van der Waals surface area contributed by atoms with Crippen molar-refractivity contribution in [2.45, 2.75) is 26.5 Å². The molecule has 1 heterocycles. The monoisotopic (exact) mass is 376 g/mol. The molecule has 3 aromatic rings. The fourth-order valence-corrected chi connectivity index (χ4v) is 2.67. The number of ether oxygens (including phenoxy) is 1. The molecule has 1 amide bonds. The molecule has 3 rings (SSSR count). The molecule has 28 heavy (non-hydrogen) atoms. The number of anilines is 2. The van der Waals surface area contributed by atoms with Crippen molar-refractivity contribution in [3.05, 3.63) is 78.1 Å². The molecule has 0 atom stereocenters. The second-order valence-electron chi connectivity index (χ2n) is 6.76. The van der Waals surface area contributed by atoms with Crippen LogP contribution in [0.15, 0.2) is 67.0 Å². The van der Waals surface area contributed by atoms with Gasteiger partial charge in [0.15, 0.2) is 0 Å². The predicted octanol–water partition coefficient (Wildman–Crippen LogP) is 4.28. The Bertz CT molecular complexity index is 894. The van der Waals surface area contributed by atoms with E-state index < -0.39 is 0 Å². The molecule has 6 nitrogen and oxygen atoms in total. The number of hydrogen-bond donors (Lipinski definition) is 1. The lowest BCUT2D eigenvalue weighted by molar-refractivity contribution is 0.0784. The molecule has 2 aromatic carbocycles. The summed E-state index contributed by atoms with van der Waals surface area (Å²) in [5.74, 6) is 1.12. The van der Waals surface area contributed by atoms with Crippen LogP contribution >= 0.6 is 0 Å². The largest absolute Gasteiger partial charge is 0.491 e. The Kier molecular flexibility index (Phi) is 6.22. The summed E-state index contributed by atoms with van der Waals surface area (Å²) in [6.45, 7) is 4.50. The van der Waals surface area contributed by atoms with Gasteiger partial charge in [-0.3, -0.25) is 4.79 Å². The number of nitrogens with zero attached hydrogens (tertiary/aromatic N) is 3. The average molecular weight is 376 g/mol. The van der Waals surface area contributed by atoms with E-state index in [1.165, 1.54) is 12.4 Å². The third-order valence-corrected chi connectivity index (χ3v) is 3.99. The van der Waals surface area contributed by atoms with Crippen LogP contribution in [0.2, 0.25) is 0 Å². The minimum absolute atomic E-state index is 0.120. The molecule has 1 N–H and O–H groups in total. The molecule has 0 aliphatic heterocycles. The first-order valence-electron chi connectivity index (χ1n) is 9.16. The third-order valence-electron chi connectivity index (χ3n) is 3.99. The number of amides is 1. The van der Waals surface area contributed by atoms with E-state index in [0.29, 0.717) is 18.1 Å². The van der Waals surface area contributed by atoms with Gasteiger partial charge in [0, 0.05) is 31.7 Å². The van der Waals surface area contributed by atoms with E-state index in [1.807, 2.05) is 68.4 Å². The van der Waals surface area contributed by atoms with Gasteiger partial charge in [0.2, 0.25) is 5.95 Å². The van der Waals surface area contributed by atoms with Crippen LogP contribution in [0.4, 0.5) is 11.6 Å². The Labute approximate surface area is 165 Å². The fourth-order valence-electron chi connectivity index (χ4n) is 2.67. The van der Waals surface area contributed by atoms with Gasteiger partial charge in [0.25, 0.3) is 5.91 Å². The molecule has 144 valence electrons. The van der Waals surface area contributed by atoms with Gasteiger partial charge in [-0.1, -0.05) is 30.3 Å². The van der Waals surface area contributed by atoms with Crippen molar-refractivity contribution in [1.82, 2.24) is 14.9 Å². The van der Waals surface area contributed by atoms with E-state index in [4.69, 9.17) is 4.74 Å². The summed E-state index contributed by atoms with van der Waals surface area (Å²) in [6, 6.07) is 17.4. The number of aromatic nitrogens is 2. The van der Waals surface area contributed by atoms with Crippen LogP contribution in [0.1, 0.15) is 29.8 Å². The van der Waals surface area contributed by atoms with Crippen molar-refractivity contribution in [3.8, 4) is 5.75 Å². The summed E-state index contributed by atoms with van der Waals surface area (Å²) < 4.78 is 5.63. The van der Waals surface area contributed by atoms with E-state index in [-0.39, 0.29) is 12.0 Å². The molecule has 0 radical (unpaired) electrons. The summed E-state index contributed by atoms with van der Waals surface area (Å²) in [5, 5.41) is 3.12. The second-order valence-corrected chi connectivity index (χ2v) is 6.76. The zero-order chi connectivity index (χ0) is 19.9. The van der Waals surface area contributed by atoms with Crippen molar-refractivity contribution >= 4 is 17.5 Å².